The molecular formula is C10H18O. The minimum Gasteiger partial charge on any atom is -0.396 e. The summed E-state index contributed by atoms with van der Waals surface area (Å²) >= 11 is 0. The molecule has 0 heterocycles. The molecule has 0 radical (unpaired) electrons. The average molecular weight is 154 g/mol. The molecule has 0 aromatic heterocycles. The summed E-state index contributed by atoms with van der Waals surface area (Å²) < 4.78 is 0. The second-order valence-corrected chi connectivity index (χ2v) is 4.46. The Morgan fingerprint density at radius 3 is 2.82 bits per heavy atom. The molecule has 64 valence electrons. The number of hydrogen-bond acceptors (Lipinski definition) is 1. The van der Waals surface area contributed by atoms with Gasteiger partial charge in [0.05, 0.1) is 0 Å². The Balaban J connectivity index is 2.22. The molecule has 0 unspecified atom stereocenters. The molecule has 0 amide bonds. The van der Waals surface area contributed by atoms with Crippen LogP contribution in [0.15, 0.2) is 0 Å². The van der Waals surface area contributed by atoms with Crippen LogP contribution in [0.4, 0.5) is 0 Å². The van der Waals surface area contributed by atoms with Crippen LogP contribution in [0.1, 0.15) is 39.0 Å². The molecule has 11 heavy (non-hydrogen) atoms. The van der Waals surface area contributed by atoms with Crippen LogP contribution in [0.25, 0.3) is 0 Å². The van der Waals surface area contributed by atoms with Crippen molar-refractivity contribution < 1.29 is 5.11 Å². The first-order chi connectivity index (χ1) is 5.29. The predicted molar refractivity (Wildman–Crippen MR) is 45.3 cm³/mol. The Morgan fingerprint density at radius 1 is 1.36 bits per heavy atom. The van der Waals surface area contributed by atoms with Gasteiger partial charge in [0.2, 0.25) is 0 Å². The number of aliphatic hydroxyl groups is 1. The number of hydrogen-bond donors (Lipinski definition) is 1. The highest BCUT2D eigenvalue weighted by Gasteiger charge is 2.49. The van der Waals surface area contributed by atoms with Crippen molar-refractivity contribution >= 4 is 0 Å². The third kappa shape index (κ3) is 0.868. The van der Waals surface area contributed by atoms with E-state index < -0.39 is 0 Å². The fraction of sp³-hybridized carbons (Fsp3) is 1.00. The molecule has 1 N–H and O–H groups in total. The normalized spacial score (nSPS) is 49.6. The summed E-state index contributed by atoms with van der Waals surface area (Å²) in [6.07, 6.45) is 6.75. The van der Waals surface area contributed by atoms with E-state index in [0.29, 0.717) is 12.0 Å². The van der Waals surface area contributed by atoms with Crippen LogP contribution in [0.3, 0.4) is 0 Å². The molecule has 2 rings (SSSR count). The lowest BCUT2D eigenvalue weighted by Crippen LogP contribution is -2.30. The van der Waals surface area contributed by atoms with E-state index in [1.807, 2.05) is 0 Å². The maximum atomic E-state index is 9.40. The first kappa shape index (κ1) is 7.60. The molecule has 0 aliphatic heterocycles. The van der Waals surface area contributed by atoms with E-state index in [2.05, 4.69) is 6.92 Å². The van der Waals surface area contributed by atoms with Crippen molar-refractivity contribution in [3.05, 3.63) is 0 Å². The number of fused-ring (bicyclic) bond motifs is 1. The van der Waals surface area contributed by atoms with Gasteiger partial charge in [-0.15, -0.1) is 0 Å². The monoisotopic (exact) mass is 154 g/mol. The minimum atomic E-state index is 0.361. The summed E-state index contributed by atoms with van der Waals surface area (Å²) in [6.45, 7) is 2.76. The van der Waals surface area contributed by atoms with Gasteiger partial charge in [0.25, 0.3) is 0 Å². The van der Waals surface area contributed by atoms with Crippen LogP contribution in [0, 0.1) is 17.3 Å². The van der Waals surface area contributed by atoms with Crippen LogP contribution < -0.4 is 0 Å². The fourth-order valence-corrected chi connectivity index (χ4v) is 3.35. The van der Waals surface area contributed by atoms with E-state index >= 15 is 0 Å². The zero-order chi connectivity index (χ0) is 7.90. The van der Waals surface area contributed by atoms with E-state index in [9.17, 15) is 5.11 Å². The molecule has 2 aliphatic carbocycles. The summed E-state index contributed by atoms with van der Waals surface area (Å²) in [5.74, 6) is 1.64. The zero-order valence-corrected chi connectivity index (χ0v) is 7.34. The van der Waals surface area contributed by atoms with Gasteiger partial charge < -0.3 is 5.11 Å². The second-order valence-electron chi connectivity index (χ2n) is 4.46. The highest BCUT2D eigenvalue weighted by Crippen LogP contribution is 2.56. The van der Waals surface area contributed by atoms with Crippen molar-refractivity contribution in [1.29, 1.82) is 0 Å². The zero-order valence-electron chi connectivity index (χ0n) is 7.34. The molecule has 0 aromatic rings. The summed E-state index contributed by atoms with van der Waals surface area (Å²) in [4.78, 5) is 0. The van der Waals surface area contributed by atoms with Gasteiger partial charge in [-0.25, -0.2) is 0 Å². The van der Waals surface area contributed by atoms with Crippen molar-refractivity contribution in [2.45, 2.75) is 39.0 Å². The second kappa shape index (κ2) is 2.48. The topological polar surface area (TPSA) is 20.2 Å². The Morgan fingerprint density at radius 2 is 2.18 bits per heavy atom. The first-order valence-corrected chi connectivity index (χ1v) is 4.90. The quantitative estimate of drug-likeness (QED) is 0.614. The minimum absolute atomic E-state index is 0.361. The lowest BCUT2D eigenvalue weighted by molar-refractivity contribution is 0.0690. The van der Waals surface area contributed by atoms with Gasteiger partial charge >= 0.3 is 0 Å². The molecule has 0 aromatic carbocycles. The molecular weight excluding hydrogens is 136 g/mol. The van der Waals surface area contributed by atoms with E-state index in [4.69, 9.17) is 0 Å². The van der Waals surface area contributed by atoms with Gasteiger partial charge in [-0.1, -0.05) is 13.3 Å². The standard InChI is InChI=1S/C10H18O/c1-8-4-5-9-3-2-6-10(8,9)7-11/h8-9,11H,2-7H2,1H3/t8-,9+,10+/m1/s1. The Hall–Kier alpha value is -0.0400. The van der Waals surface area contributed by atoms with Crippen LogP contribution >= 0.6 is 0 Å². The third-order valence-corrected chi connectivity index (χ3v) is 4.23. The van der Waals surface area contributed by atoms with Gasteiger partial charge in [0, 0.05) is 6.61 Å². The Bertz CT molecular complexity index is 155. The SMILES string of the molecule is C[C@@H]1CC[C@@H]2CCC[C@@]21CO. The van der Waals surface area contributed by atoms with E-state index in [1.54, 1.807) is 0 Å². The van der Waals surface area contributed by atoms with Crippen molar-refractivity contribution in [2.24, 2.45) is 17.3 Å². The Kier molecular flexibility index (Phi) is 1.71. The molecule has 2 saturated carbocycles. The summed E-state index contributed by atoms with van der Waals surface area (Å²) in [5.41, 5.74) is 0.361. The lowest BCUT2D eigenvalue weighted by atomic mass is 9.75. The fourth-order valence-electron chi connectivity index (χ4n) is 3.35. The van der Waals surface area contributed by atoms with Crippen LogP contribution in [0.2, 0.25) is 0 Å². The van der Waals surface area contributed by atoms with Gasteiger partial charge in [-0.05, 0) is 42.9 Å². The van der Waals surface area contributed by atoms with Crippen molar-refractivity contribution in [2.75, 3.05) is 6.61 Å². The van der Waals surface area contributed by atoms with Crippen molar-refractivity contribution in [1.82, 2.24) is 0 Å². The van der Waals surface area contributed by atoms with Gasteiger partial charge in [0.15, 0.2) is 0 Å². The van der Waals surface area contributed by atoms with Crippen LogP contribution in [-0.2, 0) is 0 Å². The van der Waals surface area contributed by atoms with Crippen LogP contribution in [0.5, 0.6) is 0 Å². The van der Waals surface area contributed by atoms with Gasteiger partial charge in [-0.2, -0.15) is 0 Å². The third-order valence-electron chi connectivity index (χ3n) is 4.23. The molecule has 0 saturated heterocycles. The average Bonchev–Trinajstić information content (AvgIpc) is 2.53. The lowest BCUT2D eigenvalue weighted by Gasteiger charge is -2.31. The van der Waals surface area contributed by atoms with E-state index in [1.165, 1.54) is 32.1 Å². The summed E-state index contributed by atoms with van der Waals surface area (Å²) in [6, 6.07) is 0. The molecule has 1 heteroatoms. The van der Waals surface area contributed by atoms with Crippen molar-refractivity contribution in [3.8, 4) is 0 Å². The Labute approximate surface area is 68.8 Å². The molecule has 2 fully saturated rings. The summed E-state index contributed by atoms with van der Waals surface area (Å²) in [7, 11) is 0. The molecule has 1 nitrogen and oxygen atoms in total. The van der Waals surface area contributed by atoms with E-state index in [-0.39, 0.29) is 0 Å². The predicted octanol–water partition coefficient (Wildman–Crippen LogP) is 2.20. The van der Waals surface area contributed by atoms with Gasteiger partial charge in [0.1, 0.15) is 0 Å². The van der Waals surface area contributed by atoms with Crippen LogP contribution in [-0.4, -0.2) is 11.7 Å². The molecule has 0 bridgehead atoms. The number of rotatable bonds is 1. The molecule has 2 aliphatic rings. The van der Waals surface area contributed by atoms with Crippen molar-refractivity contribution in [3.63, 3.8) is 0 Å². The highest BCUT2D eigenvalue weighted by atomic mass is 16.3. The largest absolute Gasteiger partial charge is 0.396 e. The first-order valence-electron chi connectivity index (χ1n) is 4.90. The molecule has 3 atom stereocenters. The van der Waals surface area contributed by atoms with Gasteiger partial charge in [-0.3, -0.25) is 0 Å². The van der Waals surface area contributed by atoms with E-state index in [0.717, 1.165) is 11.8 Å². The summed E-state index contributed by atoms with van der Waals surface area (Å²) in [5, 5.41) is 9.40. The maximum Gasteiger partial charge on any atom is 0.0492 e. The maximum absolute atomic E-state index is 9.40. The number of aliphatic hydroxyl groups excluding tert-OH is 1. The smallest absolute Gasteiger partial charge is 0.0492 e. The highest BCUT2D eigenvalue weighted by molar-refractivity contribution is 4.99. The molecule has 0 spiro atoms.